The molecule has 0 aliphatic carbocycles. The van der Waals surface area contributed by atoms with Gasteiger partial charge in [0, 0.05) is 23.6 Å². The number of aliphatic imine (C=N–C) groups is 1. The standard InChI is InChI=1S/C28H25ClN4O2S/c1-17-3-7-19(8-4-17)23-15-24(20-9-11-21(29)12-10-20)33(32-23)28-31-27(35)25(36-28)16-26(34)30-22-13-5-18(2)6-14-22/h3-14,24-25H,15-16H2,1-2H3,(H,30,34). The minimum Gasteiger partial charge on any atom is -0.326 e. The van der Waals surface area contributed by atoms with Gasteiger partial charge in [-0.3, -0.25) is 9.59 Å². The number of hydrazone groups is 1. The maximum Gasteiger partial charge on any atom is 0.262 e. The zero-order valence-electron chi connectivity index (χ0n) is 19.9. The predicted octanol–water partition coefficient (Wildman–Crippen LogP) is 6.13. The van der Waals surface area contributed by atoms with E-state index in [9.17, 15) is 9.59 Å². The van der Waals surface area contributed by atoms with Crippen molar-refractivity contribution in [2.45, 2.75) is 38.0 Å². The van der Waals surface area contributed by atoms with Crippen molar-refractivity contribution >= 4 is 51.7 Å². The Labute approximate surface area is 219 Å². The second-order valence-corrected chi connectivity index (χ2v) is 10.6. The Hall–Kier alpha value is -3.42. The van der Waals surface area contributed by atoms with E-state index in [0.29, 0.717) is 22.3 Å². The number of nitrogens with one attached hydrogen (secondary N) is 1. The van der Waals surface area contributed by atoms with Gasteiger partial charge in [0.2, 0.25) is 5.91 Å². The lowest BCUT2D eigenvalue weighted by Crippen LogP contribution is -2.25. The third-order valence-corrected chi connectivity index (χ3v) is 7.57. The number of rotatable bonds is 5. The Bertz CT molecular complexity index is 1350. The molecule has 2 unspecified atom stereocenters. The van der Waals surface area contributed by atoms with Crippen molar-refractivity contribution < 1.29 is 9.59 Å². The van der Waals surface area contributed by atoms with Crippen molar-refractivity contribution in [3.63, 3.8) is 0 Å². The van der Waals surface area contributed by atoms with E-state index in [0.717, 1.165) is 22.4 Å². The number of benzene rings is 3. The molecule has 3 aromatic carbocycles. The molecule has 182 valence electrons. The largest absolute Gasteiger partial charge is 0.326 e. The third kappa shape index (κ3) is 5.37. The zero-order valence-corrected chi connectivity index (χ0v) is 21.5. The van der Waals surface area contributed by atoms with E-state index in [2.05, 4.69) is 34.6 Å². The first-order chi connectivity index (χ1) is 17.4. The van der Waals surface area contributed by atoms with Gasteiger partial charge in [-0.2, -0.15) is 10.1 Å². The van der Waals surface area contributed by atoms with Crippen LogP contribution in [0.25, 0.3) is 0 Å². The Balaban J connectivity index is 1.35. The Morgan fingerprint density at radius 1 is 1.00 bits per heavy atom. The molecule has 2 atom stereocenters. The first-order valence-corrected chi connectivity index (χ1v) is 13.0. The number of nitrogens with zero attached hydrogens (tertiary/aromatic N) is 3. The highest BCUT2D eigenvalue weighted by molar-refractivity contribution is 8.15. The Kier molecular flexibility index (Phi) is 6.94. The van der Waals surface area contributed by atoms with Gasteiger partial charge < -0.3 is 5.32 Å². The molecule has 2 aliphatic heterocycles. The molecule has 0 fully saturated rings. The van der Waals surface area contributed by atoms with Gasteiger partial charge in [0.1, 0.15) is 5.25 Å². The van der Waals surface area contributed by atoms with E-state index in [4.69, 9.17) is 16.7 Å². The van der Waals surface area contributed by atoms with Crippen LogP contribution in [0.1, 0.15) is 41.1 Å². The number of carbonyl (C=O) groups is 2. The summed E-state index contributed by atoms with van der Waals surface area (Å²) in [6.45, 7) is 4.04. The highest BCUT2D eigenvalue weighted by Gasteiger charge is 2.39. The van der Waals surface area contributed by atoms with Crippen LogP contribution < -0.4 is 5.32 Å². The van der Waals surface area contributed by atoms with Gasteiger partial charge in [-0.25, -0.2) is 5.01 Å². The molecule has 5 rings (SSSR count). The third-order valence-electron chi connectivity index (χ3n) is 6.18. The predicted molar refractivity (Wildman–Crippen MR) is 147 cm³/mol. The lowest BCUT2D eigenvalue weighted by molar-refractivity contribution is -0.121. The number of amidine groups is 1. The van der Waals surface area contributed by atoms with E-state index in [-0.39, 0.29) is 24.3 Å². The monoisotopic (exact) mass is 516 g/mol. The van der Waals surface area contributed by atoms with Crippen LogP contribution in [0.3, 0.4) is 0 Å². The highest BCUT2D eigenvalue weighted by Crippen LogP contribution is 2.39. The van der Waals surface area contributed by atoms with Gasteiger partial charge in [0.25, 0.3) is 5.91 Å². The summed E-state index contributed by atoms with van der Waals surface area (Å²) in [5.74, 6) is -0.538. The number of anilines is 1. The first-order valence-electron chi connectivity index (χ1n) is 11.7. The van der Waals surface area contributed by atoms with E-state index in [1.807, 2.05) is 67.4 Å². The lowest BCUT2D eigenvalue weighted by Gasteiger charge is -2.23. The van der Waals surface area contributed by atoms with E-state index in [1.54, 1.807) is 0 Å². The molecule has 2 amide bonds. The van der Waals surface area contributed by atoms with E-state index in [1.165, 1.54) is 17.3 Å². The number of thioether (sulfide) groups is 1. The van der Waals surface area contributed by atoms with Gasteiger partial charge in [0.05, 0.1) is 11.8 Å². The van der Waals surface area contributed by atoms with Crippen LogP contribution in [-0.4, -0.2) is 33.0 Å². The maximum absolute atomic E-state index is 12.8. The molecule has 8 heteroatoms. The second-order valence-electron chi connectivity index (χ2n) is 8.99. The summed E-state index contributed by atoms with van der Waals surface area (Å²) in [6.07, 6.45) is 0.704. The minimum atomic E-state index is -0.588. The molecule has 0 saturated heterocycles. The summed E-state index contributed by atoms with van der Waals surface area (Å²) in [5, 5.41) is 10.1. The molecule has 2 aliphatic rings. The molecule has 1 N–H and O–H groups in total. The van der Waals surface area contributed by atoms with Crippen LogP contribution in [0.5, 0.6) is 0 Å². The smallest absolute Gasteiger partial charge is 0.262 e. The summed E-state index contributed by atoms with van der Waals surface area (Å²) in [7, 11) is 0. The van der Waals surface area contributed by atoms with E-state index < -0.39 is 5.25 Å². The average molecular weight is 517 g/mol. The number of carbonyl (C=O) groups excluding carboxylic acids is 2. The highest BCUT2D eigenvalue weighted by atomic mass is 35.5. The summed E-state index contributed by atoms with van der Waals surface area (Å²) >= 11 is 7.41. The van der Waals surface area contributed by atoms with Crippen molar-refractivity contribution in [2.75, 3.05) is 5.32 Å². The quantitative estimate of drug-likeness (QED) is 0.442. The Morgan fingerprint density at radius 3 is 2.31 bits per heavy atom. The number of hydrogen-bond acceptors (Lipinski definition) is 5. The molecular weight excluding hydrogens is 492 g/mol. The fourth-order valence-corrected chi connectivity index (χ4v) is 5.36. The van der Waals surface area contributed by atoms with Gasteiger partial charge in [-0.05, 0) is 49.2 Å². The number of halogens is 1. The van der Waals surface area contributed by atoms with E-state index >= 15 is 0 Å². The minimum absolute atomic E-state index is 0.0400. The maximum atomic E-state index is 12.8. The summed E-state index contributed by atoms with van der Waals surface area (Å²) in [4.78, 5) is 29.7. The van der Waals surface area contributed by atoms with Crippen LogP contribution in [-0.2, 0) is 9.59 Å². The van der Waals surface area contributed by atoms with Gasteiger partial charge >= 0.3 is 0 Å². The zero-order chi connectivity index (χ0) is 25.2. The number of amides is 2. The molecule has 0 radical (unpaired) electrons. The van der Waals surface area contributed by atoms with Crippen molar-refractivity contribution in [2.24, 2.45) is 10.1 Å². The topological polar surface area (TPSA) is 74.1 Å². The van der Waals surface area contributed by atoms with Crippen LogP contribution in [0, 0.1) is 13.8 Å². The van der Waals surface area contributed by atoms with Gasteiger partial charge in [-0.1, -0.05) is 83.0 Å². The van der Waals surface area contributed by atoms with Crippen molar-refractivity contribution in [3.8, 4) is 0 Å². The molecular formula is C28H25ClN4O2S. The second kappa shape index (κ2) is 10.3. The molecule has 3 aromatic rings. The summed E-state index contributed by atoms with van der Waals surface area (Å²) in [5.41, 5.74) is 5.98. The summed E-state index contributed by atoms with van der Waals surface area (Å²) < 4.78 is 0. The molecule has 0 bridgehead atoms. The molecule has 6 nitrogen and oxygen atoms in total. The van der Waals surface area contributed by atoms with Crippen LogP contribution in [0.15, 0.2) is 82.9 Å². The number of hydrogen-bond donors (Lipinski definition) is 1. The summed E-state index contributed by atoms with van der Waals surface area (Å²) in [6, 6.07) is 23.3. The fraction of sp³-hybridized carbons (Fsp3) is 0.214. The average Bonchev–Trinajstić information content (AvgIpc) is 3.45. The van der Waals surface area contributed by atoms with Crippen molar-refractivity contribution in [1.29, 1.82) is 0 Å². The molecule has 0 saturated carbocycles. The normalized spacial score (nSPS) is 19.3. The lowest BCUT2D eigenvalue weighted by atomic mass is 9.98. The first kappa shape index (κ1) is 24.3. The fourth-order valence-electron chi connectivity index (χ4n) is 4.17. The van der Waals surface area contributed by atoms with Crippen LogP contribution >= 0.6 is 23.4 Å². The molecule has 2 heterocycles. The van der Waals surface area contributed by atoms with Crippen LogP contribution in [0.4, 0.5) is 5.69 Å². The van der Waals surface area contributed by atoms with Gasteiger partial charge in [0.15, 0.2) is 5.17 Å². The van der Waals surface area contributed by atoms with Crippen molar-refractivity contribution in [1.82, 2.24) is 5.01 Å². The molecule has 36 heavy (non-hydrogen) atoms. The SMILES string of the molecule is Cc1ccc(NC(=O)CC2SC(N3N=C(c4ccc(C)cc4)CC3c3ccc(Cl)cc3)=NC2=O)cc1. The molecule has 0 spiro atoms. The number of aryl methyl sites for hydroxylation is 2. The van der Waals surface area contributed by atoms with Crippen LogP contribution in [0.2, 0.25) is 5.02 Å². The molecule has 0 aromatic heterocycles. The Morgan fingerprint density at radius 2 is 1.64 bits per heavy atom. The van der Waals surface area contributed by atoms with Crippen molar-refractivity contribution in [3.05, 3.63) is 100 Å². The van der Waals surface area contributed by atoms with Gasteiger partial charge in [-0.15, -0.1) is 0 Å².